The van der Waals surface area contributed by atoms with E-state index in [9.17, 15) is 4.39 Å². The second-order valence-corrected chi connectivity index (χ2v) is 7.14. The van der Waals surface area contributed by atoms with Gasteiger partial charge in [0.1, 0.15) is 5.82 Å². The first kappa shape index (κ1) is 11.2. The summed E-state index contributed by atoms with van der Waals surface area (Å²) in [5.41, 5.74) is 2.76. The number of halogens is 1. The van der Waals surface area contributed by atoms with Crippen molar-refractivity contribution in [1.29, 1.82) is 0 Å². The minimum atomic E-state index is -0.113. The maximum atomic E-state index is 13.4. The number of hydrogen-bond donors (Lipinski definition) is 1. The van der Waals surface area contributed by atoms with Gasteiger partial charge in [-0.1, -0.05) is 6.07 Å². The summed E-state index contributed by atoms with van der Waals surface area (Å²) < 4.78 is 13.4. The van der Waals surface area contributed by atoms with E-state index in [2.05, 4.69) is 17.1 Å². The first-order valence-electron chi connectivity index (χ1n) is 6.94. The zero-order valence-electron chi connectivity index (χ0n) is 10.4. The molecule has 1 N–H and O–H groups in total. The molecule has 1 spiro atoms. The van der Waals surface area contributed by atoms with E-state index >= 15 is 0 Å². The molecule has 0 radical (unpaired) electrons. The number of rotatable bonds is 1. The van der Waals surface area contributed by atoms with Crippen molar-refractivity contribution in [3.63, 3.8) is 0 Å². The molecule has 18 heavy (non-hydrogen) atoms. The molecule has 1 nitrogen and oxygen atoms in total. The van der Waals surface area contributed by atoms with Crippen molar-refractivity contribution in [2.45, 2.75) is 37.1 Å². The van der Waals surface area contributed by atoms with Crippen LogP contribution >= 0.6 is 11.8 Å². The average molecular weight is 263 g/mol. The van der Waals surface area contributed by atoms with Gasteiger partial charge in [0.2, 0.25) is 0 Å². The van der Waals surface area contributed by atoms with E-state index in [0.29, 0.717) is 11.5 Å². The van der Waals surface area contributed by atoms with E-state index in [1.807, 2.05) is 6.07 Å². The third-order valence-corrected chi connectivity index (χ3v) is 5.89. The molecule has 0 aromatic heterocycles. The lowest BCUT2D eigenvalue weighted by molar-refractivity contribution is 0.329. The van der Waals surface area contributed by atoms with Gasteiger partial charge in [-0.15, -0.1) is 0 Å². The predicted octanol–water partition coefficient (Wildman–Crippen LogP) is 3.79. The minimum Gasteiger partial charge on any atom is -0.381 e. The van der Waals surface area contributed by atoms with Crippen LogP contribution in [0.4, 0.5) is 10.1 Å². The van der Waals surface area contributed by atoms with Gasteiger partial charge < -0.3 is 5.32 Å². The number of hydrogen-bond acceptors (Lipinski definition) is 2. The van der Waals surface area contributed by atoms with Gasteiger partial charge in [-0.25, -0.2) is 4.39 Å². The lowest BCUT2D eigenvalue weighted by Crippen LogP contribution is -2.43. The van der Waals surface area contributed by atoms with Gasteiger partial charge in [0.15, 0.2) is 0 Å². The van der Waals surface area contributed by atoms with E-state index in [1.54, 1.807) is 12.1 Å². The summed E-state index contributed by atoms with van der Waals surface area (Å²) in [6, 6.07) is 5.94. The van der Waals surface area contributed by atoms with E-state index in [1.165, 1.54) is 42.8 Å². The highest BCUT2D eigenvalue weighted by molar-refractivity contribution is 7.99. The average Bonchev–Trinajstić information content (AvgIpc) is 3.17. The summed E-state index contributed by atoms with van der Waals surface area (Å²) in [6.07, 6.45) is 5.21. The lowest BCUT2D eigenvalue weighted by atomic mass is 9.70. The quantitative estimate of drug-likeness (QED) is 0.827. The van der Waals surface area contributed by atoms with Gasteiger partial charge in [-0.3, -0.25) is 0 Å². The molecule has 3 aliphatic rings. The standard InChI is InChI=1S/C15H18FNS/c16-11-3-4-12-13(9-11)17-14(10-1-2-10)15(12)5-7-18-8-6-15/h3-4,9-10,14,17H,1-2,5-8H2. The molecule has 1 atom stereocenters. The van der Waals surface area contributed by atoms with Crippen molar-refractivity contribution < 1.29 is 4.39 Å². The van der Waals surface area contributed by atoms with Crippen molar-refractivity contribution >= 4 is 17.4 Å². The zero-order valence-corrected chi connectivity index (χ0v) is 11.2. The van der Waals surface area contributed by atoms with Crippen LogP contribution in [0.3, 0.4) is 0 Å². The van der Waals surface area contributed by atoms with Crippen molar-refractivity contribution in [1.82, 2.24) is 0 Å². The third-order valence-electron chi connectivity index (χ3n) is 4.90. The number of thioether (sulfide) groups is 1. The van der Waals surface area contributed by atoms with Crippen LogP contribution in [0.5, 0.6) is 0 Å². The molecule has 2 aliphatic heterocycles. The second-order valence-electron chi connectivity index (χ2n) is 5.92. The van der Waals surface area contributed by atoms with Crippen LogP contribution in [0.25, 0.3) is 0 Å². The molecule has 2 fully saturated rings. The smallest absolute Gasteiger partial charge is 0.125 e. The fourth-order valence-electron chi connectivity index (χ4n) is 3.86. The molecule has 2 heterocycles. The molecule has 1 aliphatic carbocycles. The van der Waals surface area contributed by atoms with Gasteiger partial charge >= 0.3 is 0 Å². The summed E-state index contributed by atoms with van der Waals surface area (Å²) in [7, 11) is 0. The van der Waals surface area contributed by atoms with Crippen LogP contribution < -0.4 is 5.32 Å². The Balaban J connectivity index is 1.81. The highest BCUT2D eigenvalue weighted by atomic mass is 32.2. The van der Waals surface area contributed by atoms with E-state index in [0.717, 1.165) is 11.6 Å². The summed E-state index contributed by atoms with van der Waals surface area (Å²) in [5.74, 6) is 3.21. The molecule has 96 valence electrons. The topological polar surface area (TPSA) is 12.0 Å². The summed E-state index contributed by atoms with van der Waals surface area (Å²) in [6.45, 7) is 0. The van der Waals surface area contributed by atoms with Crippen molar-refractivity contribution in [2.24, 2.45) is 5.92 Å². The van der Waals surface area contributed by atoms with Gasteiger partial charge in [0.25, 0.3) is 0 Å². The van der Waals surface area contributed by atoms with Crippen LogP contribution in [-0.2, 0) is 5.41 Å². The normalized spacial score (nSPS) is 29.1. The highest BCUT2D eigenvalue weighted by Gasteiger charge is 2.52. The van der Waals surface area contributed by atoms with Gasteiger partial charge in [-0.05, 0) is 60.8 Å². The first-order chi connectivity index (χ1) is 8.79. The number of benzene rings is 1. The molecule has 1 unspecified atom stereocenters. The minimum absolute atomic E-state index is 0.113. The van der Waals surface area contributed by atoms with Crippen LogP contribution in [0, 0.1) is 11.7 Å². The summed E-state index contributed by atoms with van der Waals surface area (Å²) in [5, 5.41) is 3.65. The Morgan fingerprint density at radius 2 is 2.00 bits per heavy atom. The van der Waals surface area contributed by atoms with Crippen LogP contribution in [0.2, 0.25) is 0 Å². The van der Waals surface area contributed by atoms with Crippen molar-refractivity contribution in [2.75, 3.05) is 16.8 Å². The molecule has 1 saturated heterocycles. The first-order valence-corrected chi connectivity index (χ1v) is 8.09. The van der Waals surface area contributed by atoms with Crippen LogP contribution in [0.15, 0.2) is 18.2 Å². The summed E-state index contributed by atoms with van der Waals surface area (Å²) >= 11 is 2.07. The van der Waals surface area contributed by atoms with Crippen LogP contribution in [0.1, 0.15) is 31.2 Å². The lowest BCUT2D eigenvalue weighted by Gasteiger charge is -2.39. The summed E-state index contributed by atoms with van der Waals surface area (Å²) in [4.78, 5) is 0. The molecule has 0 amide bonds. The van der Waals surface area contributed by atoms with Gasteiger partial charge in [-0.2, -0.15) is 11.8 Å². The predicted molar refractivity (Wildman–Crippen MR) is 74.8 cm³/mol. The van der Waals surface area contributed by atoms with Gasteiger partial charge in [0, 0.05) is 17.1 Å². The number of fused-ring (bicyclic) bond motifs is 2. The van der Waals surface area contributed by atoms with E-state index < -0.39 is 0 Å². The molecular weight excluding hydrogens is 245 g/mol. The molecular formula is C15H18FNS. The Bertz CT molecular complexity index is 477. The number of anilines is 1. The van der Waals surface area contributed by atoms with E-state index in [-0.39, 0.29) is 5.82 Å². The maximum absolute atomic E-state index is 13.4. The van der Waals surface area contributed by atoms with Gasteiger partial charge in [0.05, 0.1) is 0 Å². The largest absolute Gasteiger partial charge is 0.381 e. The Hall–Kier alpha value is -0.700. The second kappa shape index (κ2) is 3.89. The fraction of sp³-hybridized carbons (Fsp3) is 0.600. The van der Waals surface area contributed by atoms with Crippen molar-refractivity contribution in [3.8, 4) is 0 Å². The SMILES string of the molecule is Fc1ccc2c(c1)NC(C1CC1)C21CCSCC1. The Labute approximate surface area is 112 Å². The van der Waals surface area contributed by atoms with Crippen LogP contribution in [-0.4, -0.2) is 17.5 Å². The fourth-order valence-corrected chi connectivity index (χ4v) is 5.08. The molecule has 3 heteroatoms. The molecule has 1 saturated carbocycles. The highest BCUT2D eigenvalue weighted by Crippen LogP contribution is 2.55. The zero-order chi connectivity index (χ0) is 12.2. The molecule has 1 aromatic rings. The Morgan fingerprint density at radius 1 is 1.22 bits per heavy atom. The monoisotopic (exact) mass is 263 g/mol. The van der Waals surface area contributed by atoms with Crippen molar-refractivity contribution in [3.05, 3.63) is 29.6 Å². The maximum Gasteiger partial charge on any atom is 0.125 e. The molecule has 1 aromatic carbocycles. The Morgan fingerprint density at radius 3 is 2.72 bits per heavy atom. The number of nitrogens with one attached hydrogen (secondary N) is 1. The molecule has 4 rings (SSSR count). The third kappa shape index (κ3) is 1.52. The molecule has 0 bridgehead atoms. The Kier molecular flexibility index (Phi) is 2.41. The van der Waals surface area contributed by atoms with E-state index in [4.69, 9.17) is 0 Å².